The summed E-state index contributed by atoms with van der Waals surface area (Å²) >= 11 is 0. The van der Waals surface area contributed by atoms with Crippen LogP contribution in [0.4, 0.5) is 0 Å². The van der Waals surface area contributed by atoms with E-state index in [1.807, 2.05) is 51.9 Å². The molecule has 1 amide bonds. The molecule has 5 aromatic rings. The van der Waals surface area contributed by atoms with Crippen molar-refractivity contribution in [3.63, 3.8) is 0 Å². The molecule has 0 aliphatic carbocycles. The molecule has 6 rings (SSSR count). The minimum atomic E-state index is 0.194. The van der Waals surface area contributed by atoms with Gasteiger partial charge in [0.2, 0.25) is 5.91 Å². The van der Waals surface area contributed by atoms with E-state index in [1.54, 1.807) is 7.11 Å². The maximum Gasteiger partial charge on any atom is 0.222 e. The molecule has 182 valence electrons. The number of amides is 1. The monoisotopic (exact) mass is 479 g/mol. The molecule has 7 heteroatoms. The van der Waals surface area contributed by atoms with Gasteiger partial charge in [-0.3, -0.25) is 9.20 Å². The van der Waals surface area contributed by atoms with E-state index in [9.17, 15) is 4.79 Å². The van der Waals surface area contributed by atoms with Crippen LogP contribution >= 0.6 is 0 Å². The molecule has 1 aliphatic heterocycles. The Morgan fingerprint density at radius 1 is 1.06 bits per heavy atom. The summed E-state index contributed by atoms with van der Waals surface area (Å²) in [5.41, 5.74) is 5.27. The highest BCUT2D eigenvalue weighted by Crippen LogP contribution is 2.33. The van der Waals surface area contributed by atoms with E-state index in [4.69, 9.17) is 4.74 Å². The summed E-state index contributed by atoms with van der Waals surface area (Å²) in [5, 5.41) is 9.93. The van der Waals surface area contributed by atoms with Crippen molar-refractivity contribution in [1.82, 2.24) is 24.5 Å². The van der Waals surface area contributed by atoms with E-state index in [0.29, 0.717) is 19.4 Å². The van der Waals surface area contributed by atoms with Gasteiger partial charge in [0.15, 0.2) is 5.65 Å². The average molecular weight is 480 g/mol. The van der Waals surface area contributed by atoms with Crippen LogP contribution in [-0.2, 0) is 11.2 Å². The summed E-state index contributed by atoms with van der Waals surface area (Å²) in [6, 6.07) is 22.3. The SMILES string of the molecule is COc1ccc(-c2[nH]c3ccccc3c2CCC(=O)N2CCCC(c3nnc4ccccn34)C2)cc1. The Kier molecular flexibility index (Phi) is 5.89. The number of rotatable bonds is 6. The zero-order chi connectivity index (χ0) is 24.5. The first-order valence-electron chi connectivity index (χ1n) is 12.5. The van der Waals surface area contributed by atoms with Crippen molar-refractivity contribution < 1.29 is 9.53 Å². The van der Waals surface area contributed by atoms with Crippen molar-refractivity contribution >= 4 is 22.5 Å². The fourth-order valence-electron chi connectivity index (χ4n) is 5.41. The van der Waals surface area contributed by atoms with Gasteiger partial charge < -0.3 is 14.6 Å². The fraction of sp³-hybridized carbons (Fsp3) is 0.276. The number of hydrogen-bond donors (Lipinski definition) is 1. The van der Waals surface area contributed by atoms with Crippen molar-refractivity contribution in [2.24, 2.45) is 0 Å². The van der Waals surface area contributed by atoms with E-state index in [2.05, 4.69) is 45.5 Å². The molecule has 1 unspecified atom stereocenters. The number of aryl methyl sites for hydroxylation is 1. The van der Waals surface area contributed by atoms with Gasteiger partial charge in [-0.1, -0.05) is 24.3 Å². The van der Waals surface area contributed by atoms with Gasteiger partial charge in [0.05, 0.1) is 7.11 Å². The molecule has 1 atom stereocenters. The Bertz CT molecular complexity index is 1520. The van der Waals surface area contributed by atoms with Crippen LogP contribution in [0.15, 0.2) is 72.9 Å². The van der Waals surface area contributed by atoms with Gasteiger partial charge in [-0.15, -0.1) is 10.2 Å². The van der Waals surface area contributed by atoms with Gasteiger partial charge in [0.25, 0.3) is 0 Å². The summed E-state index contributed by atoms with van der Waals surface area (Å²) in [4.78, 5) is 19.0. The number of benzene rings is 2. The van der Waals surface area contributed by atoms with Crippen molar-refractivity contribution in [2.45, 2.75) is 31.6 Å². The van der Waals surface area contributed by atoms with Crippen LogP contribution in [0.1, 0.15) is 36.6 Å². The van der Waals surface area contributed by atoms with Gasteiger partial charge in [-0.2, -0.15) is 0 Å². The summed E-state index contributed by atoms with van der Waals surface area (Å²) in [7, 11) is 1.67. The van der Waals surface area contributed by atoms with Gasteiger partial charge in [-0.05, 0) is 72.9 Å². The predicted octanol–water partition coefficient (Wildman–Crippen LogP) is 5.23. The number of fused-ring (bicyclic) bond motifs is 2. The molecule has 0 spiro atoms. The summed E-state index contributed by atoms with van der Waals surface area (Å²) in [5.74, 6) is 2.16. The average Bonchev–Trinajstić information content (AvgIpc) is 3.54. The molecule has 7 nitrogen and oxygen atoms in total. The van der Waals surface area contributed by atoms with E-state index in [1.165, 1.54) is 10.9 Å². The van der Waals surface area contributed by atoms with E-state index in [-0.39, 0.29) is 11.8 Å². The number of ether oxygens (including phenoxy) is 1. The quantitative estimate of drug-likeness (QED) is 0.362. The molecule has 1 saturated heterocycles. The number of pyridine rings is 1. The van der Waals surface area contributed by atoms with E-state index < -0.39 is 0 Å². The third-order valence-corrected chi connectivity index (χ3v) is 7.26. The molecule has 1 fully saturated rings. The molecule has 3 aromatic heterocycles. The van der Waals surface area contributed by atoms with Crippen molar-refractivity contribution in [2.75, 3.05) is 20.2 Å². The first-order valence-corrected chi connectivity index (χ1v) is 12.5. The number of H-pyrrole nitrogens is 1. The van der Waals surface area contributed by atoms with E-state index in [0.717, 1.165) is 53.4 Å². The molecular weight excluding hydrogens is 450 g/mol. The lowest BCUT2D eigenvalue weighted by atomic mass is 9.96. The minimum Gasteiger partial charge on any atom is -0.497 e. The fourth-order valence-corrected chi connectivity index (χ4v) is 5.41. The highest BCUT2D eigenvalue weighted by Gasteiger charge is 2.28. The predicted molar refractivity (Wildman–Crippen MR) is 140 cm³/mol. The number of methoxy groups -OCH3 is 1. The molecule has 1 N–H and O–H groups in total. The van der Waals surface area contributed by atoms with Crippen LogP contribution in [0.2, 0.25) is 0 Å². The molecule has 0 saturated carbocycles. The lowest BCUT2D eigenvalue weighted by Gasteiger charge is -2.32. The minimum absolute atomic E-state index is 0.194. The lowest BCUT2D eigenvalue weighted by Crippen LogP contribution is -2.39. The van der Waals surface area contributed by atoms with Gasteiger partial charge in [-0.25, -0.2) is 0 Å². The summed E-state index contributed by atoms with van der Waals surface area (Å²) in [6.07, 6.45) is 5.15. The standard InChI is InChI=1S/C29H29N5O2/c1-36-22-13-11-20(12-14-22)28-24(23-8-2-3-9-25(23)30-28)15-16-27(35)33-17-6-7-21(19-33)29-32-31-26-10-4-5-18-34(26)29/h2-5,8-14,18,21,30H,6-7,15-17,19H2,1H3. The molecule has 0 radical (unpaired) electrons. The molecule has 0 bridgehead atoms. The Labute approximate surface area is 209 Å². The lowest BCUT2D eigenvalue weighted by molar-refractivity contribution is -0.132. The smallest absolute Gasteiger partial charge is 0.222 e. The Morgan fingerprint density at radius 2 is 1.89 bits per heavy atom. The van der Waals surface area contributed by atoms with Crippen molar-refractivity contribution in [3.8, 4) is 17.0 Å². The highest BCUT2D eigenvalue weighted by atomic mass is 16.5. The third kappa shape index (κ3) is 4.11. The molecule has 2 aromatic carbocycles. The largest absolute Gasteiger partial charge is 0.497 e. The second kappa shape index (κ2) is 9.49. The zero-order valence-electron chi connectivity index (χ0n) is 20.4. The second-order valence-corrected chi connectivity index (χ2v) is 9.42. The molecular formula is C29H29N5O2. The highest BCUT2D eigenvalue weighted by molar-refractivity contribution is 5.91. The first-order chi connectivity index (χ1) is 17.7. The summed E-state index contributed by atoms with van der Waals surface area (Å²) < 4.78 is 7.38. The van der Waals surface area contributed by atoms with Crippen LogP contribution in [0, 0.1) is 0 Å². The van der Waals surface area contributed by atoms with E-state index >= 15 is 0 Å². The number of para-hydroxylation sites is 1. The number of nitrogens with one attached hydrogen (secondary N) is 1. The van der Waals surface area contributed by atoms with Crippen molar-refractivity contribution in [3.05, 3.63) is 84.3 Å². The molecule has 1 aliphatic rings. The maximum absolute atomic E-state index is 13.4. The Balaban J connectivity index is 1.21. The van der Waals surface area contributed by atoms with Crippen LogP contribution < -0.4 is 4.74 Å². The van der Waals surface area contributed by atoms with Gasteiger partial charge in [0, 0.05) is 48.2 Å². The van der Waals surface area contributed by atoms with Crippen LogP contribution in [0.25, 0.3) is 27.8 Å². The number of hydrogen-bond acceptors (Lipinski definition) is 4. The number of carbonyl (C=O) groups is 1. The third-order valence-electron chi connectivity index (χ3n) is 7.26. The second-order valence-electron chi connectivity index (χ2n) is 9.42. The maximum atomic E-state index is 13.4. The topological polar surface area (TPSA) is 75.5 Å². The van der Waals surface area contributed by atoms with Crippen molar-refractivity contribution in [1.29, 1.82) is 0 Å². The number of nitrogens with zero attached hydrogens (tertiary/aromatic N) is 4. The number of likely N-dealkylation sites (tertiary alicyclic amines) is 1. The first kappa shape index (κ1) is 22.3. The molecule has 4 heterocycles. The van der Waals surface area contributed by atoms with Gasteiger partial charge >= 0.3 is 0 Å². The van der Waals surface area contributed by atoms with Crippen LogP contribution in [0.5, 0.6) is 5.75 Å². The Hall–Kier alpha value is -4.13. The number of aromatic nitrogens is 4. The normalized spacial score (nSPS) is 16.0. The number of carbonyl (C=O) groups excluding carboxylic acids is 1. The number of aromatic amines is 1. The summed E-state index contributed by atoms with van der Waals surface area (Å²) in [6.45, 7) is 1.49. The van der Waals surface area contributed by atoms with Gasteiger partial charge in [0.1, 0.15) is 11.6 Å². The molecule has 36 heavy (non-hydrogen) atoms. The zero-order valence-corrected chi connectivity index (χ0v) is 20.4. The Morgan fingerprint density at radius 3 is 2.75 bits per heavy atom. The van der Waals surface area contributed by atoms with Crippen LogP contribution in [0.3, 0.4) is 0 Å². The van der Waals surface area contributed by atoms with Crippen LogP contribution in [-0.4, -0.2) is 50.6 Å². The number of piperidine rings is 1.